The maximum Gasteiger partial charge on any atom is 0.404 e. The van der Waals surface area contributed by atoms with Gasteiger partial charge in [-0.2, -0.15) is 13.2 Å². The Morgan fingerprint density at radius 3 is 2.41 bits per heavy atom. The van der Waals surface area contributed by atoms with E-state index in [2.05, 4.69) is 0 Å². The second kappa shape index (κ2) is 8.40. The summed E-state index contributed by atoms with van der Waals surface area (Å²) in [5.74, 6) is 0.422. The molecule has 2 heterocycles. The van der Waals surface area contributed by atoms with Crippen LogP contribution in [0.4, 0.5) is 13.2 Å². The van der Waals surface area contributed by atoms with Crippen LogP contribution in [-0.2, 0) is 10.0 Å². The molecule has 2 N–H and O–H groups in total. The van der Waals surface area contributed by atoms with Crippen molar-refractivity contribution in [2.75, 3.05) is 25.6 Å². The van der Waals surface area contributed by atoms with E-state index < -0.39 is 22.0 Å². The number of hydrogen-bond donors (Lipinski definition) is 1. The molecule has 2 aromatic rings. The number of hydrogen-bond acceptors (Lipinski definition) is 6. The van der Waals surface area contributed by atoms with Gasteiger partial charge >= 0.3 is 6.18 Å². The molecule has 0 spiro atoms. The van der Waals surface area contributed by atoms with Gasteiger partial charge in [-0.25, -0.2) is 8.42 Å². The van der Waals surface area contributed by atoms with Crippen LogP contribution in [-0.4, -0.2) is 44.5 Å². The summed E-state index contributed by atoms with van der Waals surface area (Å²) in [6.45, 7) is -0.0967. The third-order valence-corrected chi connectivity index (χ3v) is 6.45. The molecule has 7 nitrogen and oxygen atoms in total. The van der Waals surface area contributed by atoms with E-state index in [9.17, 15) is 21.6 Å². The zero-order valence-electron chi connectivity index (χ0n) is 16.6. The molecular formula is C21H19F3N2O5S. The summed E-state index contributed by atoms with van der Waals surface area (Å²) in [4.78, 5) is 0. The maximum absolute atomic E-state index is 12.6. The van der Waals surface area contributed by atoms with E-state index in [-0.39, 0.29) is 19.9 Å². The van der Waals surface area contributed by atoms with Crippen molar-refractivity contribution in [1.82, 2.24) is 4.31 Å². The first kappa shape index (κ1) is 22.0. The normalized spacial score (nSPS) is 15.9. The molecule has 32 heavy (non-hydrogen) atoms. The molecule has 4 rings (SSSR count). The van der Waals surface area contributed by atoms with Crippen LogP contribution < -0.4 is 19.9 Å². The highest BCUT2D eigenvalue weighted by Crippen LogP contribution is 2.37. The summed E-state index contributed by atoms with van der Waals surface area (Å²) >= 11 is 0. The lowest BCUT2D eigenvalue weighted by atomic mass is 9.96. The largest absolute Gasteiger partial charge is 0.457 e. The zero-order valence-corrected chi connectivity index (χ0v) is 17.4. The van der Waals surface area contributed by atoms with Crippen molar-refractivity contribution < 1.29 is 35.8 Å². The molecule has 0 bridgehead atoms. The molecule has 0 aliphatic carbocycles. The summed E-state index contributed by atoms with van der Waals surface area (Å²) in [5, 5.41) is 0. The van der Waals surface area contributed by atoms with Gasteiger partial charge in [0.25, 0.3) is 0 Å². The Morgan fingerprint density at radius 2 is 1.72 bits per heavy atom. The van der Waals surface area contributed by atoms with Gasteiger partial charge in [-0.05, 0) is 41.0 Å². The number of fused-ring (bicyclic) bond motifs is 1. The average Bonchev–Trinajstić information content (AvgIpc) is 3.20. The van der Waals surface area contributed by atoms with Gasteiger partial charge in [-0.15, -0.1) is 0 Å². The van der Waals surface area contributed by atoms with Crippen molar-refractivity contribution in [3.63, 3.8) is 0 Å². The fourth-order valence-corrected chi connectivity index (χ4v) is 4.51. The number of ether oxygens (including phenoxy) is 3. The molecular weight excluding hydrogens is 449 g/mol. The number of nitrogens with two attached hydrogens (primary N) is 1. The van der Waals surface area contributed by atoms with Gasteiger partial charge in [-0.3, -0.25) is 4.31 Å². The Balaban J connectivity index is 1.49. The number of alkyl halides is 3. The van der Waals surface area contributed by atoms with Gasteiger partial charge in [0, 0.05) is 18.8 Å². The molecule has 0 saturated heterocycles. The number of halogens is 3. The molecule has 2 aromatic carbocycles. The molecule has 2 aliphatic rings. The molecule has 0 saturated carbocycles. The highest BCUT2D eigenvalue weighted by molar-refractivity contribution is 7.89. The Kier molecular flexibility index (Phi) is 5.78. The van der Waals surface area contributed by atoms with Crippen molar-refractivity contribution in [1.29, 1.82) is 0 Å². The van der Waals surface area contributed by atoms with Crippen LogP contribution in [0.5, 0.6) is 23.0 Å². The molecule has 0 fully saturated rings. The fraction of sp³-hybridized carbons (Fsp3) is 0.238. The van der Waals surface area contributed by atoms with Gasteiger partial charge in [-0.1, -0.05) is 18.2 Å². The molecule has 2 aliphatic heterocycles. The molecule has 0 aromatic heterocycles. The zero-order chi connectivity index (χ0) is 22.9. The average molecular weight is 468 g/mol. The van der Waals surface area contributed by atoms with Gasteiger partial charge in [0.1, 0.15) is 11.5 Å². The van der Waals surface area contributed by atoms with Crippen LogP contribution in [0.3, 0.4) is 0 Å². The number of sulfonamides is 1. The minimum Gasteiger partial charge on any atom is -0.457 e. The van der Waals surface area contributed by atoms with Crippen molar-refractivity contribution in [3.05, 3.63) is 65.9 Å². The first-order valence-electron chi connectivity index (χ1n) is 9.50. The lowest BCUT2D eigenvalue weighted by molar-refractivity contribution is -0.106. The van der Waals surface area contributed by atoms with Crippen LogP contribution in [0.2, 0.25) is 0 Å². The highest BCUT2D eigenvalue weighted by atomic mass is 32.2. The predicted octanol–water partition coefficient (Wildman–Crippen LogP) is 3.64. The van der Waals surface area contributed by atoms with Crippen LogP contribution in [0.25, 0.3) is 5.57 Å². The quantitative estimate of drug-likeness (QED) is 0.696. The van der Waals surface area contributed by atoms with Crippen LogP contribution in [0, 0.1) is 0 Å². The summed E-state index contributed by atoms with van der Waals surface area (Å²) in [5.41, 5.74) is 7.53. The molecule has 11 heteroatoms. The molecule has 0 atom stereocenters. The highest BCUT2D eigenvalue weighted by Gasteiger charge is 2.38. The Labute approximate surface area is 182 Å². The third-order valence-electron chi connectivity index (χ3n) is 4.79. The van der Waals surface area contributed by atoms with E-state index in [1.807, 2.05) is 0 Å². The van der Waals surface area contributed by atoms with Gasteiger partial charge in [0.2, 0.25) is 16.8 Å². The number of rotatable bonds is 6. The third kappa shape index (κ3) is 4.83. The first-order chi connectivity index (χ1) is 15.1. The van der Waals surface area contributed by atoms with E-state index in [0.29, 0.717) is 38.4 Å². The second-order valence-electron chi connectivity index (χ2n) is 7.06. The van der Waals surface area contributed by atoms with Crippen LogP contribution in [0.1, 0.15) is 5.56 Å². The first-order valence-corrected chi connectivity index (χ1v) is 11.1. The van der Waals surface area contributed by atoms with E-state index in [1.54, 1.807) is 48.5 Å². The lowest BCUT2D eigenvalue weighted by Crippen LogP contribution is -2.36. The lowest BCUT2D eigenvalue weighted by Gasteiger charge is -2.26. The molecule has 0 amide bonds. The fourth-order valence-electron chi connectivity index (χ4n) is 3.34. The van der Waals surface area contributed by atoms with Crippen molar-refractivity contribution in [2.45, 2.75) is 6.18 Å². The summed E-state index contributed by atoms with van der Waals surface area (Å²) in [6.07, 6.45) is -2.12. The second-order valence-corrected chi connectivity index (χ2v) is 8.98. The number of benzene rings is 2. The van der Waals surface area contributed by atoms with Gasteiger partial charge in [0.05, 0.1) is 6.54 Å². The summed E-state index contributed by atoms with van der Waals surface area (Å²) in [6, 6.07) is 12.2. The standard InChI is InChI=1S/C21H19F3N2O5S/c22-21(23,24)12-32(27,28)26-8-7-18(15(10-25)11-26)14-1-3-16(4-2-14)31-17-5-6-19-20(9-17)30-13-29-19/h1-7,9,11H,8,10,12-13,25H2. The van der Waals surface area contributed by atoms with E-state index in [0.717, 1.165) is 11.8 Å². The molecule has 0 unspecified atom stereocenters. The van der Waals surface area contributed by atoms with Crippen LogP contribution in [0.15, 0.2) is 60.3 Å². The van der Waals surface area contributed by atoms with E-state index in [4.69, 9.17) is 19.9 Å². The Bertz CT molecular complexity index is 1170. The van der Waals surface area contributed by atoms with Crippen molar-refractivity contribution in [3.8, 4) is 23.0 Å². The van der Waals surface area contributed by atoms with E-state index in [1.165, 1.54) is 0 Å². The molecule has 170 valence electrons. The predicted molar refractivity (Wildman–Crippen MR) is 111 cm³/mol. The molecule has 0 radical (unpaired) electrons. The van der Waals surface area contributed by atoms with E-state index >= 15 is 0 Å². The maximum atomic E-state index is 12.6. The monoisotopic (exact) mass is 468 g/mol. The Hall–Kier alpha value is -3.18. The summed E-state index contributed by atoms with van der Waals surface area (Å²) < 4.78 is 79.0. The topological polar surface area (TPSA) is 91.1 Å². The SMILES string of the molecule is NCC1=CN(S(=O)(=O)CC(F)(F)F)CC=C1c1ccc(Oc2ccc3c(c2)OCO3)cc1. The van der Waals surface area contributed by atoms with Gasteiger partial charge < -0.3 is 19.9 Å². The summed E-state index contributed by atoms with van der Waals surface area (Å²) in [7, 11) is -4.54. The minimum absolute atomic E-state index is 0.0423. The minimum atomic E-state index is -4.83. The smallest absolute Gasteiger partial charge is 0.404 e. The van der Waals surface area contributed by atoms with Crippen LogP contribution >= 0.6 is 0 Å². The van der Waals surface area contributed by atoms with Gasteiger partial charge in [0.15, 0.2) is 17.3 Å². The van der Waals surface area contributed by atoms with Crippen molar-refractivity contribution >= 4 is 15.6 Å². The Morgan fingerprint density at radius 1 is 1.03 bits per heavy atom. The number of nitrogens with zero attached hydrogens (tertiary/aromatic N) is 1. The van der Waals surface area contributed by atoms with Crippen molar-refractivity contribution in [2.24, 2.45) is 5.73 Å².